The summed E-state index contributed by atoms with van der Waals surface area (Å²) in [4.78, 5) is 20.6. The number of nitro groups is 2. The zero-order chi connectivity index (χ0) is 14.5. The Morgan fingerprint density at radius 1 is 0.850 bits per heavy atom. The standard InChI is InChI=1S/C13H11N3O4/c17-15(18)11-7-4-8-12(16(19)20)13(11)14-9-10-5-2-1-3-6-10/h1-8,14H,9H2. The predicted octanol–water partition coefficient (Wildman–Crippen LogP) is 3.12. The molecule has 0 radical (unpaired) electrons. The van der Waals surface area contributed by atoms with E-state index in [1.165, 1.54) is 18.2 Å². The van der Waals surface area contributed by atoms with Crippen molar-refractivity contribution in [3.05, 3.63) is 74.3 Å². The molecule has 0 bridgehead atoms. The largest absolute Gasteiger partial charge is 0.370 e. The van der Waals surface area contributed by atoms with Crippen LogP contribution in [0, 0.1) is 20.2 Å². The Balaban J connectivity index is 2.33. The van der Waals surface area contributed by atoms with E-state index in [1.54, 1.807) is 0 Å². The van der Waals surface area contributed by atoms with Gasteiger partial charge in [-0.25, -0.2) is 0 Å². The second-order valence-electron chi connectivity index (χ2n) is 4.02. The van der Waals surface area contributed by atoms with Crippen LogP contribution in [0.2, 0.25) is 0 Å². The van der Waals surface area contributed by atoms with Crippen LogP contribution in [0.4, 0.5) is 17.1 Å². The summed E-state index contributed by atoms with van der Waals surface area (Å²) in [5.41, 5.74) is 0.177. The van der Waals surface area contributed by atoms with Crippen LogP contribution in [0.1, 0.15) is 5.56 Å². The lowest BCUT2D eigenvalue weighted by molar-refractivity contribution is -0.392. The molecule has 0 aliphatic heterocycles. The lowest BCUT2D eigenvalue weighted by atomic mass is 10.2. The van der Waals surface area contributed by atoms with Gasteiger partial charge in [-0.05, 0) is 11.6 Å². The smallest absolute Gasteiger partial charge is 0.299 e. The van der Waals surface area contributed by atoms with Crippen LogP contribution in [-0.2, 0) is 6.54 Å². The third-order valence-electron chi connectivity index (χ3n) is 2.73. The van der Waals surface area contributed by atoms with E-state index in [4.69, 9.17) is 0 Å². The molecule has 0 unspecified atom stereocenters. The molecule has 0 saturated carbocycles. The molecule has 2 aromatic carbocycles. The molecule has 0 heterocycles. The highest BCUT2D eigenvalue weighted by Crippen LogP contribution is 2.34. The maximum absolute atomic E-state index is 11.0. The number of nitrogens with zero attached hydrogens (tertiary/aromatic N) is 2. The normalized spacial score (nSPS) is 10.0. The number of nitro benzene ring substituents is 2. The van der Waals surface area contributed by atoms with Crippen molar-refractivity contribution in [1.29, 1.82) is 0 Å². The minimum Gasteiger partial charge on any atom is -0.370 e. The van der Waals surface area contributed by atoms with Crippen LogP contribution in [0.3, 0.4) is 0 Å². The molecule has 7 nitrogen and oxygen atoms in total. The van der Waals surface area contributed by atoms with Gasteiger partial charge in [0, 0.05) is 18.7 Å². The number of hydrogen-bond donors (Lipinski definition) is 1. The summed E-state index contributed by atoms with van der Waals surface area (Å²) in [5, 5.41) is 24.7. The fourth-order valence-electron chi connectivity index (χ4n) is 1.80. The van der Waals surface area contributed by atoms with E-state index in [9.17, 15) is 20.2 Å². The zero-order valence-corrected chi connectivity index (χ0v) is 10.4. The van der Waals surface area contributed by atoms with E-state index in [1.807, 2.05) is 30.3 Å². The van der Waals surface area contributed by atoms with Crippen molar-refractivity contribution in [2.75, 3.05) is 5.32 Å². The van der Waals surface area contributed by atoms with Crippen molar-refractivity contribution in [1.82, 2.24) is 0 Å². The average Bonchev–Trinajstić information content (AvgIpc) is 2.45. The highest BCUT2D eigenvalue weighted by atomic mass is 16.6. The summed E-state index contributed by atoms with van der Waals surface area (Å²) < 4.78 is 0. The van der Waals surface area contributed by atoms with Gasteiger partial charge in [0.1, 0.15) is 0 Å². The van der Waals surface area contributed by atoms with Crippen LogP contribution >= 0.6 is 0 Å². The first-order chi connectivity index (χ1) is 9.59. The number of nitrogens with one attached hydrogen (secondary N) is 1. The fraction of sp³-hybridized carbons (Fsp3) is 0.0769. The maximum Gasteiger partial charge on any atom is 0.299 e. The first kappa shape index (κ1) is 13.5. The van der Waals surface area contributed by atoms with Gasteiger partial charge in [0.25, 0.3) is 11.4 Å². The molecule has 20 heavy (non-hydrogen) atoms. The molecule has 2 aromatic rings. The van der Waals surface area contributed by atoms with Gasteiger partial charge >= 0.3 is 0 Å². The SMILES string of the molecule is O=[N+]([O-])c1cccc([N+](=O)[O-])c1NCc1ccccc1. The van der Waals surface area contributed by atoms with E-state index >= 15 is 0 Å². The van der Waals surface area contributed by atoms with Gasteiger partial charge in [0.15, 0.2) is 5.69 Å². The van der Waals surface area contributed by atoms with Gasteiger partial charge in [-0.1, -0.05) is 30.3 Å². The third-order valence-corrected chi connectivity index (χ3v) is 2.73. The summed E-state index contributed by atoms with van der Waals surface area (Å²) in [6.07, 6.45) is 0. The summed E-state index contributed by atoms with van der Waals surface area (Å²) in [5.74, 6) is 0. The number of rotatable bonds is 5. The summed E-state index contributed by atoms with van der Waals surface area (Å²) in [6, 6.07) is 12.9. The van der Waals surface area contributed by atoms with Crippen molar-refractivity contribution in [2.45, 2.75) is 6.54 Å². The Morgan fingerprint density at radius 2 is 1.40 bits per heavy atom. The average molecular weight is 273 g/mol. The van der Waals surface area contributed by atoms with Crippen molar-refractivity contribution in [2.24, 2.45) is 0 Å². The molecule has 0 saturated heterocycles. The molecule has 0 aliphatic rings. The Labute approximate surface area is 114 Å². The van der Waals surface area contributed by atoms with Gasteiger partial charge in [0.05, 0.1) is 9.85 Å². The van der Waals surface area contributed by atoms with Crippen molar-refractivity contribution in [3.8, 4) is 0 Å². The molecule has 0 amide bonds. The van der Waals surface area contributed by atoms with E-state index in [2.05, 4.69) is 5.32 Å². The summed E-state index contributed by atoms with van der Waals surface area (Å²) in [6.45, 7) is 0.270. The molecule has 102 valence electrons. The van der Waals surface area contributed by atoms with E-state index in [0.29, 0.717) is 0 Å². The minimum atomic E-state index is -0.639. The van der Waals surface area contributed by atoms with E-state index < -0.39 is 9.85 Å². The molecule has 0 aliphatic carbocycles. The lowest BCUT2D eigenvalue weighted by Crippen LogP contribution is -2.05. The lowest BCUT2D eigenvalue weighted by Gasteiger charge is -2.07. The molecule has 0 aromatic heterocycles. The van der Waals surface area contributed by atoms with Crippen molar-refractivity contribution < 1.29 is 9.85 Å². The third kappa shape index (κ3) is 2.89. The molecule has 0 fully saturated rings. The topological polar surface area (TPSA) is 98.3 Å². The van der Waals surface area contributed by atoms with Crippen LogP contribution < -0.4 is 5.32 Å². The Kier molecular flexibility index (Phi) is 3.90. The summed E-state index contributed by atoms with van der Waals surface area (Å²) in [7, 11) is 0. The quantitative estimate of drug-likeness (QED) is 0.666. The van der Waals surface area contributed by atoms with Gasteiger partial charge in [-0.2, -0.15) is 0 Å². The highest BCUT2D eigenvalue weighted by molar-refractivity contribution is 5.73. The molecular weight excluding hydrogens is 262 g/mol. The van der Waals surface area contributed by atoms with Crippen LogP contribution in [0.5, 0.6) is 0 Å². The van der Waals surface area contributed by atoms with E-state index in [0.717, 1.165) is 5.56 Å². The molecule has 0 atom stereocenters. The molecule has 0 spiro atoms. The first-order valence-corrected chi connectivity index (χ1v) is 5.79. The van der Waals surface area contributed by atoms with Crippen LogP contribution in [-0.4, -0.2) is 9.85 Å². The van der Waals surface area contributed by atoms with Gasteiger partial charge in [0.2, 0.25) is 0 Å². The molecule has 7 heteroatoms. The molecule has 1 N–H and O–H groups in total. The number of hydrogen-bond acceptors (Lipinski definition) is 5. The second-order valence-corrected chi connectivity index (χ2v) is 4.02. The molecule has 2 rings (SSSR count). The summed E-state index contributed by atoms with van der Waals surface area (Å²) >= 11 is 0. The minimum absolute atomic E-state index is 0.0775. The van der Waals surface area contributed by atoms with Gasteiger partial charge < -0.3 is 5.32 Å². The monoisotopic (exact) mass is 273 g/mol. The second kappa shape index (κ2) is 5.79. The van der Waals surface area contributed by atoms with E-state index in [-0.39, 0.29) is 23.6 Å². The highest BCUT2D eigenvalue weighted by Gasteiger charge is 2.24. The number of benzene rings is 2. The Hall–Kier alpha value is -2.96. The first-order valence-electron chi connectivity index (χ1n) is 5.79. The van der Waals surface area contributed by atoms with Crippen LogP contribution in [0.25, 0.3) is 0 Å². The molecular formula is C13H11N3O4. The Bertz CT molecular complexity index is 611. The fourth-order valence-corrected chi connectivity index (χ4v) is 1.80. The van der Waals surface area contributed by atoms with Crippen LogP contribution in [0.15, 0.2) is 48.5 Å². The predicted molar refractivity (Wildman–Crippen MR) is 73.5 cm³/mol. The van der Waals surface area contributed by atoms with Crippen molar-refractivity contribution in [3.63, 3.8) is 0 Å². The van der Waals surface area contributed by atoms with Gasteiger partial charge in [-0.15, -0.1) is 0 Å². The van der Waals surface area contributed by atoms with Crippen molar-refractivity contribution >= 4 is 17.1 Å². The Morgan fingerprint density at radius 3 is 1.90 bits per heavy atom. The number of anilines is 1. The number of para-hydroxylation sites is 1. The zero-order valence-electron chi connectivity index (χ0n) is 10.4. The maximum atomic E-state index is 11.0. The van der Waals surface area contributed by atoms with Gasteiger partial charge in [-0.3, -0.25) is 20.2 Å².